The number of nitrogens with two attached hydrogens (primary N) is 2. The number of imide groups is 1. The average molecular weight is 843 g/mol. The van der Waals surface area contributed by atoms with Crippen molar-refractivity contribution in [2.75, 3.05) is 43.4 Å². The second kappa shape index (κ2) is 22.2. The molecule has 4 rings (SSSR count). The number of rotatable bonds is 23. The minimum Gasteiger partial charge on any atom is -0.480 e. The molecule has 58 heavy (non-hydrogen) atoms. The van der Waals surface area contributed by atoms with Crippen molar-refractivity contribution < 1.29 is 37.9 Å². The van der Waals surface area contributed by atoms with Gasteiger partial charge in [0.2, 0.25) is 23.6 Å². The number of amides is 4. The number of aliphatic carboxylic acids is 1. The number of nitrogens with zero attached hydrogens (tertiary/aromatic N) is 3. The summed E-state index contributed by atoms with van der Waals surface area (Å²) < 4.78 is 31.4. The molecule has 0 unspecified atom stereocenters. The molecule has 1 aliphatic rings. The summed E-state index contributed by atoms with van der Waals surface area (Å²) >= 11 is 2.57. The molecule has 4 amide bonds. The summed E-state index contributed by atoms with van der Waals surface area (Å²) in [5.41, 5.74) is 13.5. The Morgan fingerprint density at radius 2 is 1.78 bits per heavy atom. The number of carboxylic acid groups (broad SMARTS) is 1. The number of thioether (sulfide) groups is 2. The number of unbranched alkanes of at least 4 members (excludes halogenated alkanes) is 2. The van der Waals surface area contributed by atoms with Gasteiger partial charge in [-0.15, -0.1) is 11.8 Å². The van der Waals surface area contributed by atoms with Crippen LogP contribution in [0.15, 0.2) is 60.8 Å². The third-order valence-corrected chi connectivity index (χ3v) is 12.1. The van der Waals surface area contributed by atoms with Crippen molar-refractivity contribution in [1.29, 1.82) is 0 Å². The first-order valence-electron chi connectivity index (χ1n) is 19.6. The van der Waals surface area contributed by atoms with Crippen LogP contribution in [0.4, 0.5) is 8.78 Å². The Morgan fingerprint density at radius 1 is 1.03 bits per heavy atom. The molecule has 3 atom stereocenters. The summed E-state index contributed by atoms with van der Waals surface area (Å²) in [6.45, 7) is 7.65. The van der Waals surface area contributed by atoms with Crippen LogP contribution < -0.4 is 16.8 Å². The predicted octanol–water partition coefficient (Wildman–Crippen LogP) is 5.43. The van der Waals surface area contributed by atoms with E-state index < -0.39 is 46.3 Å². The minimum atomic E-state index is -1.17. The van der Waals surface area contributed by atoms with Gasteiger partial charge in [0.25, 0.3) is 0 Å². The van der Waals surface area contributed by atoms with Crippen LogP contribution >= 0.6 is 23.5 Å². The molecule has 0 spiro atoms. The van der Waals surface area contributed by atoms with Gasteiger partial charge in [-0.05, 0) is 66.8 Å². The van der Waals surface area contributed by atoms with E-state index >= 15 is 4.39 Å². The summed E-state index contributed by atoms with van der Waals surface area (Å²) in [6, 6.07) is 13.6. The molecule has 1 aromatic heterocycles. The van der Waals surface area contributed by atoms with Crippen molar-refractivity contribution in [2.45, 2.75) is 83.2 Å². The van der Waals surface area contributed by atoms with E-state index in [4.69, 9.17) is 16.6 Å². The van der Waals surface area contributed by atoms with Crippen molar-refractivity contribution in [3.8, 4) is 11.1 Å². The molecule has 6 N–H and O–H groups in total. The number of halogens is 2. The highest BCUT2D eigenvalue weighted by Crippen LogP contribution is 2.41. The van der Waals surface area contributed by atoms with E-state index in [1.807, 2.05) is 52.1 Å². The molecule has 2 aromatic carbocycles. The Kier molecular flexibility index (Phi) is 17.8. The molecule has 1 saturated heterocycles. The number of carboxylic acids is 1. The summed E-state index contributed by atoms with van der Waals surface area (Å²) in [5, 5.41) is 11.0. The van der Waals surface area contributed by atoms with E-state index in [0.29, 0.717) is 43.8 Å². The van der Waals surface area contributed by atoms with E-state index in [9.17, 15) is 28.4 Å². The smallest absolute Gasteiger partial charge is 0.321 e. The molecule has 16 heteroatoms. The molecule has 0 saturated carbocycles. The zero-order chi connectivity index (χ0) is 42.4. The van der Waals surface area contributed by atoms with E-state index in [2.05, 4.69) is 26.1 Å². The van der Waals surface area contributed by atoms with Gasteiger partial charge in [-0.25, -0.2) is 8.78 Å². The van der Waals surface area contributed by atoms with Crippen LogP contribution in [0.25, 0.3) is 11.1 Å². The first kappa shape index (κ1) is 46.4. The van der Waals surface area contributed by atoms with Crippen LogP contribution in [0.2, 0.25) is 0 Å². The molecular weight excluding hydrogens is 787 g/mol. The van der Waals surface area contributed by atoms with Crippen LogP contribution in [-0.2, 0) is 30.5 Å². The third-order valence-electron chi connectivity index (χ3n) is 9.77. The standard InChI is InChI=1S/C42H56F2N6O6S2/c1-42(2,3)39(34-21-29(31-22-30(43)14-15-32(31)44)25-48(34)24-28-11-6-4-7-12-28)49(18-10-16-45)38(53)27-57-20-9-5-8-13-36(51)47-17-19-50-37(52)23-35(40(50)54)58-26-33(46)41(55)56/h4,6-7,11-12,14-15,21-22,25,33,35,39H,5,8-10,13,16-20,23-24,26-27,45-46H2,1-3H3,(H,47,51)(H,55,56)/t33-,35+,39-/m0/s1. The SMILES string of the molecule is CC(C)(C)[C@H](c1cc(-c2cc(F)ccc2F)cn1Cc1ccccc1)N(CCCN)C(=O)CSCCCCCC(=O)NCCN1C(=O)C[C@@H](SC[C@H](N)C(=O)O)C1=O. The summed E-state index contributed by atoms with van der Waals surface area (Å²) in [6.07, 6.45) is 4.86. The highest BCUT2D eigenvalue weighted by atomic mass is 32.2. The highest BCUT2D eigenvalue weighted by Gasteiger charge is 2.39. The molecule has 316 valence electrons. The molecule has 0 aliphatic carbocycles. The van der Waals surface area contributed by atoms with Gasteiger partial charge in [0.15, 0.2) is 0 Å². The van der Waals surface area contributed by atoms with Gasteiger partial charge in [0, 0.05) is 67.8 Å². The van der Waals surface area contributed by atoms with E-state index in [-0.39, 0.29) is 60.7 Å². The van der Waals surface area contributed by atoms with Crippen LogP contribution in [0.5, 0.6) is 0 Å². The van der Waals surface area contributed by atoms with Gasteiger partial charge < -0.3 is 31.4 Å². The summed E-state index contributed by atoms with van der Waals surface area (Å²) in [7, 11) is 0. The van der Waals surface area contributed by atoms with Gasteiger partial charge in [0.05, 0.1) is 17.0 Å². The quantitative estimate of drug-likeness (QED) is 0.0711. The van der Waals surface area contributed by atoms with Crippen molar-refractivity contribution in [3.63, 3.8) is 0 Å². The van der Waals surface area contributed by atoms with Crippen LogP contribution in [0.1, 0.15) is 76.6 Å². The maximum Gasteiger partial charge on any atom is 0.321 e. The fourth-order valence-corrected chi connectivity index (χ4v) is 8.89. The van der Waals surface area contributed by atoms with E-state index in [1.165, 1.54) is 17.8 Å². The Bertz CT molecular complexity index is 1870. The van der Waals surface area contributed by atoms with E-state index in [1.54, 1.807) is 0 Å². The maximum atomic E-state index is 15.1. The molecule has 0 radical (unpaired) electrons. The number of benzene rings is 2. The number of aromatic nitrogens is 1. The Morgan fingerprint density at radius 3 is 2.47 bits per heavy atom. The number of likely N-dealkylation sites (tertiary alicyclic amines) is 1. The zero-order valence-electron chi connectivity index (χ0n) is 33.5. The number of hydrogen-bond acceptors (Lipinski definition) is 9. The lowest BCUT2D eigenvalue weighted by Crippen LogP contribution is -2.44. The lowest BCUT2D eigenvalue weighted by molar-refractivity contribution is -0.139. The van der Waals surface area contributed by atoms with Crippen molar-refractivity contribution >= 4 is 53.1 Å². The highest BCUT2D eigenvalue weighted by molar-refractivity contribution is 8.00. The first-order chi connectivity index (χ1) is 27.6. The monoisotopic (exact) mass is 842 g/mol. The molecule has 12 nitrogen and oxygen atoms in total. The molecular formula is C42H56F2N6O6S2. The van der Waals surface area contributed by atoms with Crippen molar-refractivity contribution in [1.82, 2.24) is 19.7 Å². The molecule has 2 heterocycles. The van der Waals surface area contributed by atoms with Crippen LogP contribution in [-0.4, -0.2) is 104 Å². The first-order valence-corrected chi connectivity index (χ1v) is 21.8. The maximum absolute atomic E-state index is 15.1. The fourth-order valence-electron chi connectivity index (χ4n) is 6.88. The topological polar surface area (TPSA) is 181 Å². The Balaban J connectivity index is 1.30. The number of hydrogen-bond donors (Lipinski definition) is 4. The Hall–Kier alpha value is -4.25. The normalized spacial score (nSPS) is 15.4. The minimum absolute atomic E-state index is 0.0132. The second-order valence-corrected chi connectivity index (χ2v) is 17.8. The van der Waals surface area contributed by atoms with Crippen molar-refractivity contribution in [3.05, 3.63) is 83.7 Å². The predicted molar refractivity (Wildman–Crippen MR) is 225 cm³/mol. The zero-order valence-corrected chi connectivity index (χ0v) is 35.1. The van der Waals surface area contributed by atoms with Crippen molar-refractivity contribution in [2.24, 2.45) is 16.9 Å². The number of nitrogens with one attached hydrogen (secondary N) is 1. The van der Waals surface area contributed by atoms with Crippen LogP contribution in [0, 0.1) is 17.0 Å². The molecule has 1 fully saturated rings. The Labute approximate surface area is 347 Å². The summed E-state index contributed by atoms with van der Waals surface area (Å²) in [4.78, 5) is 65.4. The van der Waals surface area contributed by atoms with Gasteiger partial charge >= 0.3 is 5.97 Å². The lowest BCUT2D eigenvalue weighted by Gasteiger charge is -2.41. The van der Waals surface area contributed by atoms with Gasteiger partial charge in [-0.1, -0.05) is 57.5 Å². The molecule has 0 bridgehead atoms. The third kappa shape index (κ3) is 13.4. The summed E-state index contributed by atoms with van der Waals surface area (Å²) in [5.74, 6) is -2.30. The fraction of sp³-hybridized carbons (Fsp3) is 0.500. The molecule has 3 aromatic rings. The van der Waals surface area contributed by atoms with Gasteiger partial charge in [-0.3, -0.25) is 28.9 Å². The molecule has 1 aliphatic heterocycles. The van der Waals surface area contributed by atoms with Gasteiger partial charge in [-0.2, -0.15) is 11.8 Å². The lowest BCUT2D eigenvalue weighted by atomic mass is 9.83. The average Bonchev–Trinajstić information content (AvgIpc) is 3.70. The second-order valence-electron chi connectivity index (χ2n) is 15.5. The van der Waals surface area contributed by atoms with Gasteiger partial charge in [0.1, 0.15) is 17.7 Å². The van der Waals surface area contributed by atoms with E-state index in [0.717, 1.165) is 52.9 Å². The van der Waals surface area contributed by atoms with Crippen LogP contribution in [0.3, 0.4) is 0 Å². The number of carbonyl (C=O) groups excluding carboxylic acids is 4. The number of carbonyl (C=O) groups is 5. The largest absolute Gasteiger partial charge is 0.480 e.